The van der Waals surface area contributed by atoms with E-state index in [2.05, 4.69) is 4.98 Å². The lowest BCUT2D eigenvalue weighted by atomic mass is 10.1. The van der Waals surface area contributed by atoms with Crippen LogP contribution in [0.3, 0.4) is 0 Å². The minimum Gasteiger partial charge on any atom is -0.481 e. The topological polar surface area (TPSA) is 96.7 Å². The van der Waals surface area contributed by atoms with Crippen molar-refractivity contribution in [2.24, 2.45) is 0 Å². The van der Waals surface area contributed by atoms with E-state index < -0.39 is 35.9 Å². The van der Waals surface area contributed by atoms with Crippen LogP contribution in [0.2, 0.25) is 0 Å². The quantitative estimate of drug-likeness (QED) is 0.886. The molecule has 0 atom stereocenters. The van der Waals surface area contributed by atoms with Crippen LogP contribution in [-0.4, -0.2) is 33.7 Å². The van der Waals surface area contributed by atoms with Crippen LogP contribution in [0.15, 0.2) is 18.2 Å². The number of rotatable bonds is 4. The summed E-state index contributed by atoms with van der Waals surface area (Å²) in [5.74, 6) is -5.04. The normalized spacial score (nSPS) is 10.5. The average molecular weight is 283 g/mol. The van der Waals surface area contributed by atoms with E-state index in [-0.39, 0.29) is 16.7 Å². The number of hydrogen-bond donors (Lipinski definition) is 2. The summed E-state index contributed by atoms with van der Waals surface area (Å²) in [7, 11) is 0. The van der Waals surface area contributed by atoms with Crippen LogP contribution in [0.5, 0.6) is 5.75 Å². The summed E-state index contributed by atoms with van der Waals surface area (Å²) >= 11 is 0. The first-order valence-corrected chi connectivity index (χ1v) is 5.26. The Bertz CT molecular complexity index is 717. The standard InChI is InChI=1S/C12H7F2NO5/c13-5-1-6(14)11-7(2-5)15-8(12(18)19)3-9(11)20-4-10(16)17/h1-3H,4H2,(H,16,17)(H,18,19). The number of nitrogens with zero attached hydrogens (tertiary/aromatic N) is 1. The monoisotopic (exact) mass is 283 g/mol. The Morgan fingerprint density at radius 3 is 2.50 bits per heavy atom. The van der Waals surface area contributed by atoms with E-state index in [1.807, 2.05) is 0 Å². The molecule has 0 aliphatic rings. The van der Waals surface area contributed by atoms with E-state index in [9.17, 15) is 18.4 Å². The van der Waals surface area contributed by atoms with Gasteiger partial charge in [0.05, 0.1) is 10.9 Å². The lowest BCUT2D eigenvalue weighted by Crippen LogP contribution is -2.11. The Hall–Kier alpha value is -2.77. The van der Waals surface area contributed by atoms with Gasteiger partial charge >= 0.3 is 11.9 Å². The predicted octanol–water partition coefficient (Wildman–Crippen LogP) is 1.67. The van der Waals surface area contributed by atoms with E-state index >= 15 is 0 Å². The molecule has 8 heteroatoms. The smallest absolute Gasteiger partial charge is 0.354 e. The third kappa shape index (κ3) is 2.63. The van der Waals surface area contributed by atoms with Gasteiger partial charge < -0.3 is 14.9 Å². The van der Waals surface area contributed by atoms with Crippen LogP contribution in [0.1, 0.15) is 10.5 Å². The van der Waals surface area contributed by atoms with Crippen LogP contribution in [0.4, 0.5) is 8.78 Å². The van der Waals surface area contributed by atoms with Crippen LogP contribution in [-0.2, 0) is 4.79 Å². The largest absolute Gasteiger partial charge is 0.481 e. The Morgan fingerprint density at radius 1 is 1.20 bits per heavy atom. The van der Waals surface area contributed by atoms with Gasteiger partial charge in [-0.3, -0.25) is 0 Å². The number of aromatic nitrogens is 1. The van der Waals surface area contributed by atoms with Crippen molar-refractivity contribution in [3.63, 3.8) is 0 Å². The molecular formula is C12H7F2NO5. The maximum Gasteiger partial charge on any atom is 0.354 e. The van der Waals surface area contributed by atoms with Gasteiger partial charge in [-0.2, -0.15) is 0 Å². The number of fused-ring (bicyclic) bond motifs is 1. The van der Waals surface area contributed by atoms with Crippen molar-refractivity contribution in [3.05, 3.63) is 35.5 Å². The summed E-state index contributed by atoms with van der Waals surface area (Å²) in [5.41, 5.74) is -0.786. The average Bonchev–Trinajstić information content (AvgIpc) is 2.34. The highest BCUT2D eigenvalue weighted by atomic mass is 19.1. The van der Waals surface area contributed by atoms with Gasteiger partial charge in [-0.15, -0.1) is 0 Å². The molecule has 0 radical (unpaired) electrons. The molecule has 0 aliphatic carbocycles. The molecule has 104 valence electrons. The van der Waals surface area contributed by atoms with Crippen LogP contribution in [0.25, 0.3) is 10.9 Å². The van der Waals surface area contributed by atoms with Gasteiger partial charge in [-0.25, -0.2) is 23.4 Å². The number of halogens is 2. The SMILES string of the molecule is O=C(O)COc1cc(C(=O)O)nc2cc(F)cc(F)c12. The van der Waals surface area contributed by atoms with E-state index in [1.54, 1.807) is 0 Å². The van der Waals surface area contributed by atoms with E-state index in [4.69, 9.17) is 14.9 Å². The van der Waals surface area contributed by atoms with E-state index in [0.717, 1.165) is 12.1 Å². The summed E-state index contributed by atoms with van der Waals surface area (Å²) in [6.07, 6.45) is 0. The molecule has 0 spiro atoms. The maximum absolute atomic E-state index is 13.7. The fourth-order valence-corrected chi connectivity index (χ4v) is 1.61. The van der Waals surface area contributed by atoms with Gasteiger partial charge in [0.1, 0.15) is 17.4 Å². The number of ether oxygens (including phenoxy) is 1. The first-order valence-electron chi connectivity index (χ1n) is 5.26. The highest BCUT2D eigenvalue weighted by molar-refractivity contribution is 5.93. The molecule has 0 aliphatic heterocycles. The van der Waals surface area contributed by atoms with Gasteiger partial charge in [0, 0.05) is 18.2 Å². The van der Waals surface area contributed by atoms with Crippen LogP contribution >= 0.6 is 0 Å². The summed E-state index contributed by atoms with van der Waals surface area (Å²) < 4.78 is 31.7. The maximum atomic E-state index is 13.7. The second-order valence-electron chi connectivity index (χ2n) is 3.77. The van der Waals surface area contributed by atoms with Crippen molar-refractivity contribution in [2.75, 3.05) is 6.61 Å². The second kappa shape index (κ2) is 5.08. The molecule has 0 saturated carbocycles. The zero-order chi connectivity index (χ0) is 14.9. The van der Waals surface area contributed by atoms with Crippen molar-refractivity contribution < 1.29 is 33.3 Å². The molecule has 0 amide bonds. The fraction of sp³-hybridized carbons (Fsp3) is 0.0833. The fourth-order valence-electron chi connectivity index (χ4n) is 1.61. The van der Waals surface area contributed by atoms with Gasteiger partial charge in [0.2, 0.25) is 0 Å². The Morgan fingerprint density at radius 2 is 1.90 bits per heavy atom. The number of pyridine rings is 1. The molecule has 2 rings (SSSR count). The van der Waals surface area contributed by atoms with Crippen molar-refractivity contribution in [1.82, 2.24) is 4.98 Å². The van der Waals surface area contributed by atoms with Crippen molar-refractivity contribution in [3.8, 4) is 5.75 Å². The summed E-state index contributed by atoms with van der Waals surface area (Å²) in [5, 5.41) is 17.1. The van der Waals surface area contributed by atoms with E-state index in [1.165, 1.54) is 0 Å². The molecule has 1 heterocycles. The first kappa shape index (κ1) is 13.7. The third-order valence-corrected chi connectivity index (χ3v) is 2.36. The number of benzene rings is 1. The van der Waals surface area contributed by atoms with Crippen molar-refractivity contribution >= 4 is 22.8 Å². The molecule has 2 aromatic rings. The van der Waals surface area contributed by atoms with Gasteiger partial charge in [0.25, 0.3) is 0 Å². The lowest BCUT2D eigenvalue weighted by Gasteiger charge is -2.09. The van der Waals surface area contributed by atoms with Crippen molar-refractivity contribution in [2.45, 2.75) is 0 Å². The lowest BCUT2D eigenvalue weighted by molar-refractivity contribution is -0.139. The highest BCUT2D eigenvalue weighted by Crippen LogP contribution is 2.29. The number of hydrogen-bond acceptors (Lipinski definition) is 4. The van der Waals surface area contributed by atoms with Crippen LogP contribution in [0, 0.1) is 11.6 Å². The molecule has 2 N–H and O–H groups in total. The predicted molar refractivity (Wildman–Crippen MR) is 61.7 cm³/mol. The van der Waals surface area contributed by atoms with Gasteiger partial charge in [-0.05, 0) is 0 Å². The Balaban J connectivity index is 2.67. The molecule has 0 unspecified atom stereocenters. The Kier molecular flexibility index (Phi) is 3.47. The third-order valence-electron chi connectivity index (χ3n) is 2.36. The van der Waals surface area contributed by atoms with Gasteiger partial charge in [-0.1, -0.05) is 0 Å². The van der Waals surface area contributed by atoms with E-state index in [0.29, 0.717) is 6.07 Å². The number of aromatic carboxylic acids is 1. The summed E-state index contributed by atoms with van der Waals surface area (Å²) in [6, 6.07) is 2.28. The van der Waals surface area contributed by atoms with Crippen LogP contribution < -0.4 is 4.74 Å². The molecule has 20 heavy (non-hydrogen) atoms. The minimum absolute atomic E-state index is 0.275. The molecule has 0 saturated heterocycles. The minimum atomic E-state index is -1.43. The van der Waals surface area contributed by atoms with Crippen molar-refractivity contribution in [1.29, 1.82) is 0 Å². The second-order valence-corrected chi connectivity index (χ2v) is 3.77. The van der Waals surface area contributed by atoms with Gasteiger partial charge in [0.15, 0.2) is 12.3 Å². The molecule has 0 bridgehead atoms. The molecule has 6 nitrogen and oxygen atoms in total. The summed E-state index contributed by atoms with van der Waals surface area (Å²) in [6.45, 7) is -0.797. The molecular weight excluding hydrogens is 276 g/mol. The number of carboxylic acid groups (broad SMARTS) is 2. The number of aliphatic carboxylic acids is 1. The Labute approximate surface area is 110 Å². The molecule has 1 aromatic carbocycles. The first-order chi connectivity index (χ1) is 9.38. The molecule has 0 fully saturated rings. The number of carboxylic acids is 2. The zero-order valence-electron chi connectivity index (χ0n) is 9.76. The zero-order valence-corrected chi connectivity index (χ0v) is 9.76. The molecule has 1 aromatic heterocycles. The summed E-state index contributed by atoms with van der Waals surface area (Å²) in [4.78, 5) is 24.9. The highest BCUT2D eigenvalue weighted by Gasteiger charge is 2.17. The number of carbonyl (C=O) groups is 2.